The molecule has 12 heteroatoms. The number of benzene rings is 1. The molecule has 4 N–H and O–H groups in total. The van der Waals surface area contributed by atoms with E-state index in [2.05, 4.69) is 25.6 Å². The van der Waals surface area contributed by atoms with E-state index in [0.29, 0.717) is 10.9 Å². The van der Waals surface area contributed by atoms with E-state index in [4.69, 9.17) is 13.0 Å². The number of aromatic nitrogens is 5. The Morgan fingerprint density at radius 3 is 2.94 bits per heavy atom. The van der Waals surface area contributed by atoms with Crippen LogP contribution in [0.4, 0.5) is 10.2 Å². The number of nitrogens with one attached hydrogen (secondary N) is 1. The number of nitrogens with zero attached hydrogens (tertiary/aromatic N) is 5. The summed E-state index contributed by atoms with van der Waals surface area (Å²) in [6.07, 6.45) is -3.21. The van der Waals surface area contributed by atoms with Gasteiger partial charge in [0.1, 0.15) is 18.0 Å². The van der Waals surface area contributed by atoms with Crippen molar-refractivity contribution in [3.8, 4) is 0 Å². The van der Waals surface area contributed by atoms with Gasteiger partial charge in [0.05, 0.1) is 33.5 Å². The molecule has 0 unspecified atom stereocenters. The molecule has 6 atom stereocenters. The Bertz CT molecular complexity index is 1490. The number of halogens is 1. The van der Waals surface area contributed by atoms with Crippen molar-refractivity contribution < 1.29 is 32.7 Å². The maximum atomic E-state index is 14.6. The first-order chi connectivity index (χ1) is 19.7. The third kappa shape index (κ3) is 4.92. The highest BCUT2D eigenvalue weighted by Crippen LogP contribution is 2.44. The maximum Gasteiger partial charge on any atom is 0.191 e. The summed E-state index contributed by atoms with van der Waals surface area (Å²) in [5.74, 6) is -0.874. The topological polar surface area (TPSA) is 138 Å². The lowest BCUT2D eigenvalue weighted by Gasteiger charge is -2.17. The molecule has 1 aromatic carbocycles. The van der Waals surface area contributed by atoms with Crippen LogP contribution >= 0.6 is 11.8 Å². The van der Waals surface area contributed by atoms with Crippen molar-refractivity contribution in [1.82, 2.24) is 25.0 Å². The Morgan fingerprint density at radius 2 is 2.17 bits per heavy atom. The third-order valence-corrected chi connectivity index (χ3v) is 7.27. The molecule has 0 amide bonds. The van der Waals surface area contributed by atoms with Gasteiger partial charge in [-0.3, -0.25) is 0 Å². The largest absolute Gasteiger partial charge is 0.394 e. The van der Waals surface area contributed by atoms with Gasteiger partial charge in [0.25, 0.3) is 0 Å². The average molecular weight is 525 g/mol. The first-order valence-corrected chi connectivity index (χ1v) is 12.7. The molecule has 2 aliphatic carbocycles. The van der Waals surface area contributed by atoms with Gasteiger partial charge in [-0.2, -0.15) is 0 Å². The average Bonchev–Trinajstić information content (AvgIpc) is 3.27. The summed E-state index contributed by atoms with van der Waals surface area (Å²) in [6.45, 7) is -0.0641. The van der Waals surface area contributed by atoms with Crippen LogP contribution in [0.5, 0.6) is 0 Å². The van der Waals surface area contributed by atoms with E-state index in [1.54, 1.807) is 0 Å². The fourth-order valence-corrected chi connectivity index (χ4v) is 4.90. The smallest absolute Gasteiger partial charge is 0.191 e. The summed E-state index contributed by atoms with van der Waals surface area (Å²) >= 11 is 1.33. The summed E-state index contributed by atoms with van der Waals surface area (Å²) in [6, 6.07) is -3.55. The number of aliphatic hydroxyl groups excluding tert-OH is 3. The molecule has 2 saturated carbocycles. The minimum atomic E-state index is -2.43. The molecule has 5 rings (SSSR count). The minimum Gasteiger partial charge on any atom is -0.394 e. The Balaban J connectivity index is 1.50. The second-order valence-electron chi connectivity index (χ2n) is 8.79. The predicted molar refractivity (Wildman–Crippen MR) is 133 cm³/mol. The molecule has 0 spiro atoms. The van der Waals surface area contributed by atoms with E-state index < -0.39 is 61.3 Å². The van der Waals surface area contributed by atoms with Gasteiger partial charge in [-0.1, -0.05) is 36.0 Å². The summed E-state index contributed by atoms with van der Waals surface area (Å²) in [7, 11) is 0. The van der Waals surface area contributed by atoms with Crippen LogP contribution in [0.1, 0.15) is 57.5 Å². The number of anilines is 1. The van der Waals surface area contributed by atoms with Gasteiger partial charge < -0.3 is 25.4 Å². The van der Waals surface area contributed by atoms with Gasteiger partial charge in [0.2, 0.25) is 0 Å². The monoisotopic (exact) mass is 524 g/mol. The number of aliphatic hydroxyl groups is 3. The molecule has 10 nitrogen and oxygen atoms in total. The van der Waals surface area contributed by atoms with Gasteiger partial charge in [0, 0.05) is 24.1 Å². The lowest BCUT2D eigenvalue weighted by atomic mass is 10.1. The predicted octanol–water partition coefficient (Wildman–Crippen LogP) is 2.18. The molecule has 2 fully saturated rings. The molecular weight excluding hydrogens is 487 g/mol. The maximum absolute atomic E-state index is 14.6. The summed E-state index contributed by atoms with van der Waals surface area (Å²) in [4.78, 5) is 9.07. The van der Waals surface area contributed by atoms with Gasteiger partial charge in [-0.15, -0.1) is 5.10 Å². The fourth-order valence-electron chi connectivity index (χ4n) is 4.21. The Kier molecular flexibility index (Phi) is 5.51. The van der Waals surface area contributed by atoms with Crippen LogP contribution in [0.3, 0.4) is 0 Å². The van der Waals surface area contributed by atoms with Crippen molar-refractivity contribution in [2.24, 2.45) is 0 Å². The zero-order chi connectivity index (χ0) is 30.7. The van der Waals surface area contributed by atoms with Crippen LogP contribution in [0.2, 0.25) is 0 Å². The summed E-state index contributed by atoms with van der Waals surface area (Å²) in [5, 5.41) is 42.2. The first-order valence-electron chi connectivity index (χ1n) is 14.7. The fraction of sp³-hybridized carbons (Fsp3) is 0.583. The SMILES string of the molecule is [2H]c1c([2H])c([C@@H]2C[C@@]2([2H])Nc2nc(SCCC)nc3c2nnn3[C@@H]2C[C@H](OC([2H])([2H])CO)[C@@H](O)[C@H]2O)c([2H])c(F)c1C. The quantitative estimate of drug-likeness (QED) is 0.231. The lowest BCUT2D eigenvalue weighted by Crippen LogP contribution is -2.33. The lowest BCUT2D eigenvalue weighted by molar-refractivity contribution is -0.0629. The van der Waals surface area contributed by atoms with Crippen molar-refractivity contribution >= 4 is 28.7 Å². The molecule has 194 valence electrons. The van der Waals surface area contributed by atoms with E-state index in [0.717, 1.165) is 6.42 Å². The number of fused-ring (bicyclic) bond motifs is 1. The number of hydrogen-bond acceptors (Lipinski definition) is 10. The minimum absolute atomic E-state index is 0.0306. The molecule has 2 aliphatic rings. The number of thioether (sulfide) groups is 1. The Labute approximate surface area is 220 Å². The zero-order valence-corrected chi connectivity index (χ0v) is 20.5. The molecule has 2 heterocycles. The molecule has 0 saturated heterocycles. The van der Waals surface area contributed by atoms with E-state index >= 15 is 0 Å². The van der Waals surface area contributed by atoms with E-state index in [9.17, 15) is 19.7 Å². The third-order valence-electron chi connectivity index (χ3n) is 6.22. The number of hydrogen-bond donors (Lipinski definition) is 4. The summed E-state index contributed by atoms with van der Waals surface area (Å²) < 4.78 is 70.1. The number of rotatable bonds is 10. The van der Waals surface area contributed by atoms with Crippen molar-refractivity contribution in [3.05, 3.63) is 35.1 Å². The van der Waals surface area contributed by atoms with Crippen LogP contribution in [0, 0.1) is 12.7 Å². The second-order valence-corrected chi connectivity index (χ2v) is 9.85. The normalized spacial score (nSPS) is 32.4. The van der Waals surface area contributed by atoms with E-state index in [-0.39, 0.29) is 53.0 Å². The van der Waals surface area contributed by atoms with Gasteiger partial charge >= 0.3 is 0 Å². The van der Waals surface area contributed by atoms with Crippen molar-refractivity contribution in [1.29, 1.82) is 0 Å². The van der Waals surface area contributed by atoms with Gasteiger partial charge in [0.15, 0.2) is 22.1 Å². The van der Waals surface area contributed by atoms with Gasteiger partial charge in [-0.25, -0.2) is 19.0 Å². The van der Waals surface area contributed by atoms with Crippen LogP contribution in [0.25, 0.3) is 11.2 Å². The van der Waals surface area contributed by atoms with Crippen molar-refractivity contribution in [3.63, 3.8) is 0 Å². The summed E-state index contributed by atoms with van der Waals surface area (Å²) in [5.41, 5.74) is 0.186. The van der Waals surface area contributed by atoms with E-state index in [1.807, 2.05) is 6.92 Å². The zero-order valence-electron chi connectivity index (χ0n) is 25.7. The second kappa shape index (κ2) is 10.5. The molecule has 0 bridgehead atoms. The highest BCUT2D eigenvalue weighted by molar-refractivity contribution is 7.99. The number of ether oxygens (including phenoxy) is 1. The highest BCUT2D eigenvalue weighted by Gasteiger charge is 2.45. The van der Waals surface area contributed by atoms with Crippen molar-refractivity contribution in [2.75, 3.05) is 24.2 Å². The molecule has 0 radical (unpaired) electrons. The molecule has 0 aliphatic heterocycles. The Hall–Kier alpha value is -2.38. The first kappa shape index (κ1) is 18.8. The van der Waals surface area contributed by atoms with Crippen LogP contribution in [-0.2, 0) is 4.74 Å². The Morgan fingerprint density at radius 1 is 1.33 bits per heavy atom. The molecular formula is C24H31FN6O4S. The molecule has 3 aromatic rings. The highest BCUT2D eigenvalue weighted by atomic mass is 32.2. The van der Waals surface area contributed by atoms with E-state index in [1.165, 1.54) is 23.4 Å². The van der Waals surface area contributed by atoms with Crippen LogP contribution in [0.15, 0.2) is 23.3 Å². The standard InChI is InChI=1S/C24H31FN6O4S/c1-3-8-36-24-27-22(26-16-10-14(16)13-5-4-12(2)15(25)9-13)19-23(28-24)31(30-29-19)17-11-18(35-7-6-32)21(34)20(17)33/h4-5,9,14,16-18,20-21,32-34H,3,6-8,10-11H2,1-2H3,(H,26,27,28)/t14-,16+,17+,18-,20-,21+/m0/s1/i4D,5D,7D2,9D,16D. The van der Waals surface area contributed by atoms with Crippen LogP contribution in [-0.4, -0.2) is 83.5 Å². The van der Waals surface area contributed by atoms with Crippen LogP contribution < -0.4 is 5.32 Å². The molecule has 2 aromatic heterocycles. The molecule has 36 heavy (non-hydrogen) atoms. The van der Waals surface area contributed by atoms with Gasteiger partial charge in [-0.05, 0) is 36.9 Å². The van der Waals surface area contributed by atoms with Crippen molar-refractivity contribution in [2.45, 2.75) is 74.6 Å².